The van der Waals surface area contributed by atoms with E-state index in [1.165, 1.54) is 44.9 Å². The van der Waals surface area contributed by atoms with Gasteiger partial charge in [-0.05, 0) is 31.7 Å². The third-order valence-electron chi connectivity index (χ3n) is 4.71. The van der Waals surface area contributed by atoms with Gasteiger partial charge < -0.3 is 14.4 Å². The van der Waals surface area contributed by atoms with Crippen LogP contribution in [0.4, 0.5) is 0 Å². The van der Waals surface area contributed by atoms with Crippen molar-refractivity contribution in [2.45, 2.75) is 104 Å². The summed E-state index contributed by atoms with van der Waals surface area (Å²) >= 11 is 0. The van der Waals surface area contributed by atoms with Gasteiger partial charge in [0.1, 0.15) is 11.5 Å². The Morgan fingerprint density at radius 3 is 2.04 bits per heavy atom. The summed E-state index contributed by atoms with van der Waals surface area (Å²) in [4.78, 5) is 0. The van der Waals surface area contributed by atoms with Gasteiger partial charge in [0.05, 0.1) is 15.6 Å². The van der Waals surface area contributed by atoms with Gasteiger partial charge in [-0.2, -0.15) is 0 Å². The number of nitrogens with one attached hydrogen (secondary N) is 1. The zero-order valence-corrected chi connectivity index (χ0v) is 19.1. The van der Waals surface area contributed by atoms with Crippen molar-refractivity contribution >= 4 is 15.7 Å². The molecule has 0 bridgehead atoms. The average Bonchev–Trinajstić information content (AvgIpc) is 2.62. The van der Waals surface area contributed by atoms with Gasteiger partial charge in [0.2, 0.25) is 0 Å². The van der Waals surface area contributed by atoms with Gasteiger partial charge in [-0.25, -0.2) is 4.21 Å². The van der Waals surface area contributed by atoms with E-state index in [0.717, 1.165) is 25.7 Å². The Kier molecular flexibility index (Phi) is 15.6. The van der Waals surface area contributed by atoms with Crippen molar-refractivity contribution in [1.82, 2.24) is 5.32 Å². The number of ether oxygens (including phenoxy) is 1. The molecule has 0 aliphatic heterocycles. The molecule has 0 saturated heterocycles. The number of aliphatic hydroxyl groups is 1. The highest BCUT2D eigenvalue weighted by Gasteiger charge is 2.18. The Balaban J connectivity index is 4.61. The standard InChI is InChI=1S/C22H43NO4S/c1-6-9-11-13-15-17-20(16-14-12-10-7-2)23-22(24)19(4)27-21(8-3)18-28(5,25)26/h8,20,22-24H,4-7,9-18H2,1-3H3,(H,25,26)/b21-8-. The van der Waals surface area contributed by atoms with Crippen molar-refractivity contribution in [1.29, 1.82) is 0 Å². The van der Waals surface area contributed by atoms with Crippen LogP contribution in [0.3, 0.4) is 0 Å². The number of unbranched alkanes of at least 4 members (excludes halogenated alkanes) is 7. The van der Waals surface area contributed by atoms with Crippen LogP contribution in [0, 0.1) is 0 Å². The largest absolute Gasteiger partial charge is 0.462 e. The molecule has 0 saturated carbocycles. The average molecular weight is 418 g/mol. The van der Waals surface area contributed by atoms with Crippen LogP contribution in [-0.2, 0) is 14.5 Å². The minimum absolute atomic E-state index is 0.140. The molecule has 0 radical (unpaired) electrons. The smallest absolute Gasteiger partial charge is 0.163 e. The van der Waals surface area contributed by atoms with Crippen LogP contribution in [0.5, 0.6) is 0 Å². The molecule has 3 atom stereocenters. The first-order valence-corrected chi connectivity index (χ1v) is 12.6. The van der Waals surface area contributed by atoms with E-state index in [9.17, 15) is 13.9 Å². The molecule has 0 fully saturated rings. The zero-order valence-electron chi connectivity index (χ0n) is 18.3. The van der Waals surface area contributed by atoms with E-state index in [1.807, 2.05) is 0 Å². The second-order valence-corrected chi connectivity index (χ2v) is 9.39. The minimum Gasteiger partial charge on any atom is -0.462 e. The first kappa shape index (κ1) is 27.2. The fraction of sp³-hybridized carbons (Fsp3) is 0.773. The lowest BCUT2D eigenvalue weighted by atomic mass is 10.0. The van der Waals surface area contributed by atoms with Crippen LogP contribution >= 0.6 is 0 Å². The quantitative estimate of drug-likeness (QED) is 0.123. The monoisotopic (exact) mass is 417 g/mol. The van der Waals surface area contributed by atoms with E-state index in [0.29, 0.717) is 0 Å². The van der Waals surface area contributed by atoms with E-state index in [1.54, 1.807) is 13.0 Å². The van der Waals surface area contributed by atoms with Gasteiger partial charge in [0.25, 0.3) is 0 Å². The SMILES string of the molecule is C=C(O/C(=C\C)CS(=C)(=O)O)C(O)NC(CCCCCC)CCCCCCC. The predicted molar refractivity (Wildman–Crippen MR) is 122 cm³/mol. The van der Waals surface area contributed by atoms with Crippen molar-refractivity contribution in [3.05, 3.63) is 24.2 Å². The highest BCUT2D eigenvalue weighted by molar-refractivity contribution is 7.95. The third kappa shape index (κ3) is 15.1. The third-order valence-corrected chi connectivity index (χ3v) is 5.45. The molecule has 0 rings (SSSR count). The Labute approximate surface area is 173 Å². The molecule has 28 heavy (non-hydrogen) atoms. The molecule has 3 unspecified atom stereocenters. The summed E-state index contributed by atoms with van der Waals surface area (Å²) < 4.78 is 26.4. The van der Waals surface area contributed by atoms with Crippen molar-refractivity contribution in [2.24, 2.45) is 0 Å². The van der Waals surface area contributed by atoms with Crippen LogP contribution in [0.15, 0.2) is 24.2 Å². The van der Waals surface area contributed by atoms with E-state index < -0.39 is 16.0 Å². The highest BCUT2D eigenvalue weighted by Crippen LogP contribution is 2.16. The summed E-state index contributed by atoms with van der Waals surface area (Å²) in [5.74, 6) is 3.44. The molecular weight excluding hydrogens is 374 g/mol. The van der Waals surface area contributed by atoms with Gasteiger partial charge in [0.15, 0.2) is 6.23 Å². The molecule has 0 aliphatic rings. The maximum Gasteiger partial charge on any atom is 0.163 e. The number of aliphatic hydroxyl groups excluding tert-OH is 1. The zero-order chi connectivity index (χ0) is 21.4. The summed E-state index contributed by atoms with van der Waals surface area (Å²) in [7, 11) is -3.20. The van der Waals surface area contributed by atoms with Crippen LogP contribution in [-0.4, -0.2) is 37.8 Å². The summed E-state index contributed by atoms with van der Waals surface area (Å²) in [6.45, 7) is 9.90. The number of hydrogen-bond donors (Lipinski definition) is 3. The van der Waals surface area contributed by atoms with Crippen LogP contribution in [0.25, 0.3) is 0 Å². The summed E-state index contributed by atoms with van der Waals surface area (Å²) in [6, 6.07) is 0.206. The van der Waals surface area contributed by atoms with Gasteiger partial charge in [-0.1, -0.05) is 78.2 Å². The van der Waals surface area contributed by atoms with E-state index in [2.05, 4.69) is 31.6 Å². The second kappa shape index (κ2) is 16.0. The van der Waals surface area contributed by atoms with Gasteiger partial charge >= 0.3 is 0 Å². The predicted octanol–water partition coefficient (Wildman–Crippen LogP) is 5.22. The number of rotatable bonds is 18. The molecule has 0 heterocycles. The maximum absolute atomic E-state index is 11.5. The Morgan fingerprint density at radius 1 is 1.07 bits per heavy atom. The van der Waals surface area contributed by atoms with Crippen LogP contribution in [0.1, 0.15) is 91.4 Å². The van der Waals surface area contributed by atoms with E-state index in [-0.39, 0.29) is 23.3 Å². The molecular formula is C22H43NO4S. The molecule has 0 aromatic rings. The molecule has 5 nitrogen and oxygen atoms in total. The lowest BCUT2D eigenvalue weighted by Gasteiger charge is -2.24. The van der Waals surface area contributed by atoms with Crippen LogP contribution in [0.2, 0.25) is 0 Å². The second-order valence-electron chi connectivity index (χ2n) is 7.56. The van der Waals surface area contributed by atoms with Crippen LogP contribution < -0.4 is 5.32 Å². The summed E-state index contributed by atoms with van der Waals surface area (Å²) in [5, 5.41) is 13.7. The van der Waals surface area contributed by atoms with Crippen molar-refractivity contribution < 1.29 is 18.6 Å². The molecule has 6 heteroatoms. The van der Waals surface area contributed by atoms with Crippen molar-refractivity contribution in [3.63, 3.8) is 0 Å². The van der Waals surface area contributed by atoms with Crippen molar-refractivity contribution in [2.75, 3.05) is 5.75 Å². The van der Waals surface area contributed by atoms with Gasteiger partial charge in [0, 0.05) is 6.04 Å². The van der Waals surface area contributed by atoms with Crippen molar-refractivity contribution in [3.8, 4) is 0 Å². The topological polar surface area (TPSA) is 78.8 Å². The summed E-state index contributed by atoms with van der Waals surface area (Å²) in [5.41, 5.74) is 0. The number of allylic oxidation sites excluding steroid dienone is 1. The van der Waals surface area contributed by atoms with E-state index in [4.69, 9.17) is 4.74 Å². The Hall–Kier alpha value is -0.820. The maximum atomic E-state index is 11.5. The lowest BCUT2D eigenvalue weighted by molar-refractivity contribution is 0.0925. The molecule has 166 valence electrons. The molecule has 0 aromatic carbocycles. The normalized spacial score (nSPS) is 16.4. The molecule has 0 aliphatic carbocycles. The first-order valence-electron chi connectivity index (χ1n) is 10.8. The molecule has 0 spiro atoms. The Morgan fingerprint density at radius 2 is 1.57 bits per heavy atom. The first-order chi connectivity index (χ1) is 13.2. The molecule has 3 N–H and O–H groups in total. The molecule has 0 amide bonds. The Bertz CT molecular complexity index is 543. The van der Waals surface area contributed by atoms with Gasteiger partial charge in [-0.3, -0.25) is 5.32 Å². The molecule has 0 aromatic heterocycles. The fourth-order valence-corrected chi connectivity index (χ4v) is 3.73. The minimum atomic E-state index is -3.20. The summed E-state index contributed by atoms with van der Waals surface area (Å²) in [6.07, 6.45) is 13.5. The van der Waals surface area contributed by atoms with Gasteiger partial charge in [-0.15, -0.1) is 0 Å². The lowest BCUT2D eigenvalue weighted by Crippen LogP contribution is -2.40. The number of hydrogen-bond acceptors (Lipinski definition) is 4. The fourth-order valence-electron chi connectivity index (χ4n) is 3.06. The highest BCUT2D eigenvalue weighted by atomic mass is 32.2. The van der Waals surface area contributed by atoms with E-state index >= 15 is 0 Å².